The van der Waals surface area contributed by atoms with Crippen LogP contribution in [-0.4, -0.2) is 49.8 Å². The molecule has 5 heteroatoms. The van der Waals surface area contributed by atoms with Gasteiger partial charge < -0.3 is 0 Å². The Morgan fingerprint density at radius 3 is 2.65 bits per heavy atom. The van der Waals surface area contributed by atoms with E-state index in [1.54, 1.807) is 16.4 Å². The molecule has 2 aliphatic heterocycles. The van der Waals surface area contributed by atoms with Crippen molar-refractivity contribution >= 4 is 10.0 Å². The molecule has 0 amide bonds. The lowest BCUT2D eigenvalue weighted by atomic mass is 10.2. The maximum atomic E-state index is 12.9. The van der Waals surface area contributed by atoms with Crippen LogP contribution in [0.2, 0.25) is 0 Å². The Kier molecular flexibility index (Phi) is 3.84. The molecule has 4 nitrogen and oxygen atoms in total. The van der Waals surface area contributed by atoms with E-state index in [-0.39, 0.29) is 0 Å². The van der Waals surface area contributed by atoms with Crippen molar-refractivity contribution in [3.8, 4) is 0 Å². The Balaban J connectivity index is 1.89. The summed E-state index contributed by atoms with van der Waals surface area (Å²) in [6.07, 6.45) is 3.25. The van der Waals surface area contributed by atoms with Crippen LogP contribution < -0.4 is 0 Å². The van der Waals surface area contributed by atoms with Gasteiger partial charge in [-0.1, -0.05) is 18.2 Å². The third-order valence-corrected chi connectivity index (χ3v) is 6.50. The summed E-state index contributed by atoms with van der Waals surface area (Å²) in [4.78, 5) is 2.92. The van der Waals surface area contributed by atoms with Crippen molar-refractivity contribution in [2.45, 2.75) is 37.1 Å². The SMILES string of the molecule is Cc1ccccc1S(=O)(=O)N1CCCN2CCCC2C1. The molecule has 0 spiro atoms. The van der Waals surface area contributed by atoms with Crippen LogP contribution in [0.1, 0.15) is 24.8 Å². The largest absolute Gasteiger partial charge is 0.299 e. The average molecular weight is 294 g/mol. The minimum absolute atomic E-state index is 0.413. The molecule has 0 bridgehead atoms. The molecule has 3 rings (SSSR count). The van der Waals surface area contributed by atoms with Gasteiger partial charge in [0.05, 0.1) is 4.90 Å². The molecule has 2 fully saturated rings. The Morgan fingerprint density at radius 2 is 1.85 bits per heavy atom. The first-order chi connectivity index (χ1) is 9.59. The van der Waals surface area contributed by atoms with E-state index in [0.717, 1.165) is 31.5 Å². The summed E-state index contributed by atoms with van der Waals surface area (Å²) < 4.78 is 27.4. The van der Waals surface area contributed by atoms with E-state index in [4.69, 9.17) is 0 Å². The molecule has 0 radical (unpaired) electrons. The minimum atomic E-state index is -3.35. The molecular formula is C15H22N2O2S. The molecule has 110 valence electrons. The van der Waals surface area contributed by atoms with Crippen molar-refractivity contribution in [2.24, 2.45) is 0 Å². The van der Waals surface area contributed by atoms with Gasteiger partial charge in [0.25, 0.3) is 0 Å². The molecule has 2 saturated heterocycles. The summed E-state index contributed by atoms with van der Waals surface area (Å²) in [6.45, 7) is 5.32. The second-order valence-electron chi connectivity index (χ2n) is 5.81. The van der Waals surface area contributed by atoms with Crippen molar-refractivity contribution < 1.29 is 8.42 Å². The second-order valence-corrected chi connectivity index (χ2v) is 7.72. The summed E-state index contributed by atoms with van der Waals surface area (Å²) in [5.41, 5.74) is 0.833. The number of aryl methyl sites for hydroxylation is 1. The molecule has 0 N–H and O–H groups in total. The van der Waals surface area contributed by atoms with E-state index in [9.17, 15) is 8.42 Å². The van der Waals surface area contributed by atoms with Gasteiger partial charge in [-0.25, -0.2) is 8.42 Å². The number of hydrogen-bond donors (Lipinski definition) is 0. The first kappa shape index (κ1) is 14.0. The number of benzene rings is 1. The monoisotopic (exact) mass is 294 g/mol. The predicted octanol–water partition coefficient (Wildman–Crippen LogP) is 1.85. The first-order valence-corrected chi connectivity index (χ1v) is 8.83. The number of hydrogen-bond acceptors (Lipinski definition) is 3. The Labute approximate surface area is 121 Å². The van der Waals surface area contributed by atoms with Gasteiger partial charge in [0.1, 0.15) is 0 Å². The standard InChI is InChI=1S/C15H22N2O2S/c1-13-6-2-3-8-15(13)20(18,19)17-11-5-10-16-9-4-7-14(16)12-17/h2-3,6,8,14H,4-5,7,9-12H2,1H3. The zero-order valence-electron chi connectivity index (χ0n) is 12.0. The Hall–Kier alpha value is -0.910. The molecule has 1 aromatic rings. The molecule has 1 aromatic carbocycles. The van der Waals surface area contributed by atoms with Gasteiger partial charge in [0.2, 0.25) is 10.0 Å². The van der Waals surface area contributed by atoms with Gasteiger partial charge >= 0.3 is 0 Å². The van der Waals surface area contributed by atoms with Crippen molar-refractivity contribution in [3.05, 3.63) is 29.8 Å². The molecule has 20 heavy (non-hydrogen) atoms. The van der Waals surface area contributed by atoms with Crippen LogP contribution in [0.5, 0.6) is 0 Å². The topological polar surface area (TPSA) is 40.6 Å². The predicted molar refractivity (Wildman–Crippen MR) is 79.1 cm³/mol. The van der Waals surface area contributed by atoms with Crippen molar-refractivity contribution in [1.82, 2.24) is 9.21 Å². The molecule has 0 aromatic heterocycles. The van der Waals surface area contributed by atoms with E-state index in [0.29, 0.717) is 24.0 Å². The summed E-state index contributed by atoms with van der Waals surface area (Å²) in [7, 11) is -3.35. The van der Waals surface area contributed by atoms with E-state index in [1.807, 2.05) is 19.1 Å². The van der Waals surface area contributed by atoms with Crippen molar-refractivity contribution in [3.63, 3.8) is 0 Å². The van der Waals surface area contributed by atoms with Crippen LogP contribution in [-0.2, 0) is 10.0 Å². The van der Waals surface area contributed by atoms with Gasteiger partial charge in [-0.15, -0.1) is 0 Å². The molecular weight excluding hydrogens is 272 g/mol. The smallest absolute Gasteiger partial charge is 0.243 e. The highest BCUT2D eigenvalue weighted by Gasteiger charge is 2.34. The van der Waals surface area contributed by atoms with Gasteiger partial charge in [0, 0.05) is 19.1 Å². The zero-order valence-corrected chi connectivity index (χ0v) is 12.8. The van der Waals surface area contributed by atoms with Crippen LogP contribution in [0.25, 0.3) is 0 Å². The number of fused-ring (bicyclic) bond motifs is 1. The number of sulfonamides is 1. The third-order valence-electron chi connectivity index (χ3n) is 4.48. The number of nitrogens with zero attached hydrogens (tertiary/aromatic N) is 2. The van der Waals surface area contributed by atoms with E-state index < -0.39 is 10.0 Å². The van der Waals surface area contributed by atoms with Gasteiger partial charge in [-0.3, -0.25) is 4.90 Å². The van der Waals surface area contributed by atoms with Crippen LogP contribution in [0, 0.1) is 6.92 Å². The Morgan fingerprint density at radius 1 is 1.10 bits per heavy atom. The van der Waals surface area contributed by atoms with E-state index in [2.05, 4.69) is 4.90 Å². The van der Waals surface area contributed by atoms with Crippen LogP contribution in [0.15, 0.2) is 29.2 Å². The minimum Gasteiger partial charge on any atom is -0.299 e. The third kappa shape index (κ3) is 2.50. The quantitative estimate of drug-likeness (QED) is 0.836. The van der Waals surface area contributed by atoms with E-state index >= 15 is 0 Å². The summed E-state index contributed by atoms with van der Waals surface area (Å²) >= 11 is 0. The van der Waals surface area contributed by atoms with Crippen molar-refractivity contribution in [2.75, 3.05) is 26.2 Å². The molecule has 1 atom stereocenters. The van der Waals surface area contributed by atoms with E-state index in [1.165, 1.54) is 6.42 Å². The molecule has 0 saturated carbocycles. The lowest BCUT2D eigenvalue weighted by Crippen LogP contribution is -2.39. The average Bonchev–Trinajstić information content (AvgIpc) is 2.76. The normalized spacial score (nSPS) is 25.4. The first-order valence-electron chi connectivity index (χ1n) is 7.39. The zero-order chi connectivity index (χ0) is 14.2. The summed E-state index contributed by atoms with van der Waals surface area (Å²) in [6, 6.07) is 7.69. The van der Waals surface area contributed by atoms with Gasteiger partial charge in [-0.2, -0.15) is 4.31 Å². The maximum absolute atomic E-state index is 12.9. The molecule has 1 unspecified atom stereocenters. The highest BCUT2D eigenvalue weighted by molar-refractivity contribution is 7.89. The van der Waals surface area contributed by atoms with Crippen LogP contribution in [0.3, 0.4) is 0 Å². The fourth-order valence-corrected chi connectivity index (χ4v) is 5.12. The molecule has 2 aliphatic rings. The highest BCUT2D eigenvalue weighted by Crippen LogP contribution is 2.26. The lowest BCUT2D eigenvalue weighted by Gasteiger charge is -2.25. The summed E-state index contributed by atoms with van der Waals surface area (Å²) in [5, 5.41) is 0. The summed E-state index contributed by atoms with van der Waals surface area (Å²) in [5.74, 6) is 0. The van der Waals surface area contributed by atoms with Gasteiger partial charge in [0.15, 0.2) is 0 Å². The number of rotatable bonds is 2. The molecule has 0 aliphatic carbocycles. The lowest BCUT2D eigenvalue weighted by molar-refractivity contribution is 0.257. The maximum Gasteiger partial charge on any atom is 0.243 e. The van der Waals surface area contributed by atoms with Crippen LogP contribution in [0.4, 0.5) is 0 Å². The van der Waals surface area contributed by atoms with Crippen LogP contribution >= 0.6 is 0 Å². The molecule has 2 heterocycles. The fraction of sp³-hybridized carbons (Fsp3) is 0.600. The van der Waals surface area contributed by atoms with Gasteiger partial charge in [-0.05, 0) is 50.9 Å². The van der Waals surface area contributed by atoms with Crippen molar-refractivity contribution in [1.29, 1.82) is 0 Å². The Bertz CT molecular complexity index is 585. The second kappa shape index (κ2) is 5.47. The fourth-order valence-electron chi connectivity index (χ4n) is 3.38. The highest BCUT2D eigenvalue weighted by atomic mass is 32.2.